The Morgan fingerprint density at radius 1 is 1.40 bits per heavy atom. The first kappa shape index (κ1) is 8.02. The first-order valence-corrected chi connectivity index (χ1v) is 3.87. The average molecular weight is 144 g/mol. The van der Waals surface area contributed by atoms with E-state index >= 15 is 0 Å². The molecule has 0 N–H and O–H groups in total. The lowest BCUT2D eigenvalue weighted by atomic mass is 10.2. The molecule has 0 aromatic heterocycles. The molecule has 0 aromatic rings. The second-order valence-corrected chi connectivity index (χ2v) is 3.67. The molecule has 1 saturated heterocycles. The topological polar surface area (TPSA) is 18.5 Å². The van der Waals surface area contributed by atoms with Gasteiger partial charge in [-0.25, -0.2) is 0 Å². The second kappa shape index (κ2) is 2.89. The highest BCUT2D eigenvalue weighted by atomic mass is 16.7. The summed E-state index contributed by atoms with van der Waals surface area (Å²) < 4.78 is 10.9. The Bertz CT molecular complexity index is 98.3. The minimum absolute atomic E-state index is 0.0556. The predicted octanol–water partition coefficient (Wildman–Crippen LogP) is 1.94. The molecular formula is C8H16O2. The van der Waals surface area contributed by atoms with E-state index in [1.165, 1.54) is 0 Å². The van der Waals surface area contributed by atoms with Crippen molar-refractivity contribution in [2.75, 3.05) is 6.61 Å². The van der Waals surface area contributed by atoms with E-state index in [-0.39, 0.29) is 11.9 Å². The van der Waals surface area contributed by atoms with Crippen LogP contribution in [0.5, 0.6) is 0 Å². The van der Waals surface area contributed by atoms with Gasteiger partial charge in [0.1, 0.15) is 0 Å². The Hall–Kier alpha value is -0.0800. The monoisotopic (exact) mass is 144 g/mol. The number of hydrogen-bond acceptors (Lipinski definition) is 2. The number of hydrogen-bond donors (Lipinski definition) is 0. The Balaban J connectivity index is 2.24. The minimum atomic E-state index is -0.0605. The predicted molar refractivity (Wildman–Crippen MR) is 39.8 cm³/mol. The van der Waals surface area contributed by atoms with Gasteiger partial charge in [-0.2, -0.15) is 0 Å². The maximum atomic E-state index is 5.58. The van der Waals surface area contributed by atoms with Crippen molar-refractivity contribution >= 4 is 0 Å². The van der Waals surface area contributed by atoms with Gasteiger partial charge >= 0.3 is 0 Å². The maximum absolute atomic E-state index is 5.58. The van der Waals surface area contributed by atoms with Crippen LogP contribution in [0.4, 0.5) is 0 Å². The molecule has 2 heteroatoms. The second-order valence-electron chi connectivity index (χ2n) is 3.67. The maximum Gasteiger partial charge on any atom is 0.158 e. The summed E-state index contributed by atoms with van der Waals surface area (Å²) in [6.45, 7) is 7.01. The first-order chi connectivity index (χ1) is 4.58. The molecular weight excluding hydrogens is 128 g/mol. The Labute approximate surface area is 62.5 Å². The molecule has 1 atom stereocenters. The molecule has 0 amide bonds. The average Bonchev–Trinajstić information content (AvgIpc) is 2.12. The fraction of sp³-hybridized carbons (Fsp3) is 1.00. The molecule has 1 unspecified atom stereocenters. The van der Waals surface area contributed by atoms with Crippen molar-refractivity contribution in [3.63, 3.8) is 0 Å². The van der Waals surface area contributed by atoms with Crippen molar-refractivity contribution in [1.29, 1.82) is 0 Å². The zero-order valence-corrected chi connectivity index (χ0v) is 7.02. The molecule has 1 aliphatic rings. The quantitative estimate of drug-likeness (QED) is 0.560. The van der Waals surface area contributed by atoms with Gasteiger partial charge in [0, 0.05) is 13.0 Å². The highest BCUT2D eigenvalue weighted by Gasteiger charge is 2.22. The summed E-state index contributed by atoms with van der Waals surface area (Å²) in [5.41, 5.74) is -0.0605. The van der Waals surface area contributed by atoms with Crippen LogP contribution >= 0.6 is 0 Å². The van der Waals surface area contributed by atoms with Gasteiger partial charge in [0.25, 0.3) is 0 Å². The van der Waals surface area contributed by atoms with Crippen molar-refractivity contribution in [2.45, 2.75) is 45.5 Å². The fourth-order valence-electron chi connectivity index (χ4n) is 1.04. The lowest BCUT2D eigenvalue weighted by Crippen LogP contribution is -2.26. The summed E-state index contributed by atoms with van der Waals surface area (Å²) in [4.78, 5) is 0. The van der Waals surface area contributed by atoms with Crippen molar-refractivity contribution in [1.82, 2.24) is 0 Å². The van der Waals surface area contributed by atoms with E-state index in [2.05, 4.69) is 20.8 Å². The van der Waals surface area contributed by atoms with Crippen molar-refractivity contribution in [2.24, 2.45) is 0 Å². The van der Waals surface area contributed by atoms with E-state index in [1.54, 1.807) is 0 Å². The Morgan fingerprint density at radius 3 is 2.50 bits per heavy atom. The minimum Gasteiger partial charge on any atom is -0.353 e. The number of ether oxygens (including phenoxy) is 2. The zero-order valence-electron chi connectivity index (χ0n) is 7.02. The van der Waals surface area contributed by atoms with Gasteiger partial charge in [0.2, 0.25) is 0 Å². The fourth-order valence-corrected chi connectivity index (χ4v) is 1.04. The summed E-state index contributed by atoms with van der Waals surface area (Å²) in [6.07, 6.45) is 2.25. The lowest BCUT2D eigenvalue weighted by Gasteiger charge is -2.23. The first-order valence-electron chi connectivity index (χ1n) is 3.87. The third kappa shape index (κ3) is 2.67. The molecule has 0 aromatic carbocycles. The number of rotatable bonds is 1. The molecule has 0 saturated carbocycles. The molecule has 0 bridgehead atoms. The van der Waals surface area contributed by atoms with Gasteiger partial charge in [0.15, 0.2) is 6.29 Å². The van der Waals surface area contributed by atoms with Crippen LogP contribution in [-0.4, -0.2) is 18.5 Å². The van der Waals surface area contributed by atoms with Crippen LogP contribution in [0.15, 0.2) is 0 Å². The van der Waals surface area contributed by atoms with E-state index < -0.39 is 0 Å². The van der Waals surface area contributed by atoms with Crippen molar-refractivity contribution in [3.8, 4) is 0 Å². The molecule has 60 valence electrons. The van der Waals surface area contributed by atoms with Gasteiger partial charge in [-0.05, 0) is 27.2 Å². The Morgan fingerprint density at radius 2 is 2.10 bits per heavy atom. The molecule has 10 heavy (non-hydrogen) atoms. The third-order valence-corrected chi connectivity index (χ3v) is 1.37. The Kier molecular flexibility index (Phi) is 2.32. The van der Waals surface area contributed by atoms with Gasteiger partial charge < -0.3 is 9.47 Å². The SMILES string of the molecule is CC(C)(C)OC1CCCO1. The van der Waals surface area contributed by atoms with Crippen molar-refractivity contribution in [3.05, 3.63) is 0 Å². The molecule has 2 nitrogen and oxygen atoms in total. The molecule has 1 aliphatic heterocycles. The van der Waals surface area contributed by atoms with Gasteiger partial charge in [-0.3, -0.25) is 0 Å². The van der Waals surface area contributed by atoms with E-state index in [0.717, 1.165) is 19.4 Å². The van der Waals surface area contributed by atoms with E-state index in [0.29, 0.717) is 0 Å². The van der Waals surface area contributed by atoms with Gasteiger partial charge in [0.05, 0.1) is 5.60 Å². The van der Waals surface area contributed by atoms with Crippen molar-refractivity contribution < 1.29 is 9.47 Å². The zero-order chi connectivity index (χ0) is 7.61. The smallest absolute Gasteiger partial charge is 0.158 e. The van der Waals surface area contributed by atoms with Crippen LogP contribution in [0.3, 0.4) is 0 Å². The van der Waals surface area contributed by atoms with Crippen LogP contribution in [0.2, 0.25) is 0 Å². The van der Waals surface area contributed by atoms with Crippen LogP contribution in [0.1, 0.15) is 33.6 Å². The highest BCUT2D eigenvalue weighted by molar-refractivity contribution is 4.63. The summed E-state index contributed by atoms with van der Waals surface area (Å²) >= 11 is 0. The summed E-state index contributed by atoms with van der Waals surface area (Å²) in [5.74, 6) is 0. The van der Waals surface area contributed by atoms with Crippen LogP contribution in [0, 0.1) is 0 Å². The lowest BCUT2D eigenvalue weighted by molar-refractivity contribution is -0.171. The summed E-state index contributed by atoms with van der Waals surface area (Å²) in [6, 6.07) is 0. The van der Waals surface area contributed by atoms with Crippen LogP contribution in [0.25, 0.3) is 0 Å². The normalized spacial score (nSPS) is 27.3. The van der Waals surface area contributed by atoms with Crippen LogP contribution < -0.4 is 0 Å². The summed E-state index contributed by atoms with van der Waals surface area (Å²) in [5, 5.41) is 0. The van der Waals surface area contributed by atoms with Crippen LogP contribution in [-0.2, 0) is 9.47 Å². The van der Waals surface area contributed by atoms with Gasteiger partial charge in [-0.15, -0.1) is 0 Å². The molecule has 1 rings (SSSR count). The molecule has 0 spiro atoms. The molecule has 1 fully saturated rings. The summed E-state index contributed by atoms with van der Waals surface area (Å²) in [7, 11) is 0. The molecule has 1 heterocycles. The molecule has 0 aliphatic carbocycles. The van der Waals surface area contributed by atoms with E-state index in [9.17, 15) is 0 Å². The van der Waals surface area contributed by atoms with E-state index in [4.69, 9.17) is 9.47 Å². The van der Waals surface area contributed by atoms with E-state index in [1.807, 2.05) is 0 Å². The standard InChI is InChI=1S/C8H16O2/c1-8(2,3)10-7-5-4-6-9-7/h7H,4-6H2,1-3H3. The third-order valence-electron chi connectivity index (χ3n) is 1.37. The highest BCUT2D eigenvalue weighted by Crippen LogP contribution is 2.19. The van der Waals surface area contributed by atoms with Gasteiger partial charge in [-0.1, -0.05) is 0 Å². The molecule has 0 radical (unpaired) electrons. The largest absolute Gasteiger partial charge is 0.353 e.